The lowest BCUT2D eigenvalue weighted by atomic mass is 10.1. The third-order valence-electron chi connectivity index (χ3n) is 4.74. The number of hydrogen-bond acceptors (Lipinski definition) is 6. The fourth-order valence-electron chi connectivity index (χ4n) is 3.17. The molecule has 0 radical (unpaired) electrons. The lowest BCUT2D eigenvalue weighted by Gasteiger charge is -2.26. The standard InChI is InChI=1S/C21H22ClN3OS3/c22-19-6-5-18(29-19)21-24-17(14-28-21)13-20(26)23-16-3-1-15(2-4-16)7-8-25-9-11-27-12-10-25/h1-6,14H,7-13H2,(H,23,26). The summed E-state index contributed by atoms with van der Waals surface area (Å²) in [6, 6.07) is 12.0. The van der Waals surface area contributed by atoms with Gasteiger partial charge in [-0.2, -0.15) is 11.8 Å². The van der Waals surface area contributed by atoms with Gasteiger partial charge in [-0.25, -0.2) is 4.98 Å². The van der Waals surface area contributed by atoms with Crippen molar-refractivity contribution in [2.24, 2.45) is 0 Å². The van der Waals surface area contributed by atoms with Crippen LogP contribution < -0.4 is 5.32 Å². The minimum absolute atomic E-state index is 0.0513. The molecular formula is C21H22ClN3OS3. The zero-order chi connectivity index (χ0) is 20.1. The summed E-state index contributed by atoms with van der Waals surface area (Å²) in [4.78, 5) is 20.5. The number of thiazole rings is 1. The van der Waals surface area contributed by atoms with Gasteiger partial charge in [0, 0.05) is 42.2 Å². The van der Waals surface area contributed by atoms with E-state index in [9.17, 15) is 4.79 Å². The predicted molar refractivity (Wildman–Crippen MR) is 127 cm³/mol. The molecule has 1 saturated heterocycles. The Morgan fingerprint density at radius 3 is 2.66 bits per heavy atom. The maximum atomic E-state index is 12.4. The quantitative estimate of drug-likeness (QED) is 0.516. The molecule has 4 rings (SSSR count). The van der Waals surface area contributed by atoms with Gasteiger partial charge in [-0.1, -0.05) is 23.7 Å². The summed E-state index contributed by atoms with van der Waals surface area (Å²) in [5.41, 5.74) is 2.91. The fourth-order valence-corrected chi connectivity index (χ4v) is 6.08. The first-order chi connectivity index (χ1) is 14.2. The molecule has 8 heteroatoms. The molecular weight excluding hydrogens is 442 g/mol. The number of halogens is 1. The number of carbonyl (C=O) groups is 1. The van der Waals surface area contributed by atoms with E-state index in [1.807, 2.05) is 41.4 Å². The second kappa shape index (κ2) is 10.1. The van der Waals surface area contributed by atoms with Gasteiger partial charge >= 0.3 is 0 Å². The Bertz CT molecular complexity index is 948. The molecule has 3 heterocycles. The zero-order valence-electron chi connectivity index (χ0n) is 15.9. The molecule has 1 fully saturated rings. The van der Waals surface area contributed by atoms with Crippen molar-refractivity contribution in [2.45, 2.75) is 12.8 Å². The minimum atomic E-state index is -0.0513. The number of anilines is 1. The van der Waals surface area contributed by atoms with Crippen molar-refractivity contribution in [1.82, 2.24) is 9.88 Å². The fraction of sp³-hybridized carbons (Fsp3) is 0.333. The number of nitrogens with one attached hydrogen (secondary N) is 1. The molecule has 0 aliphatic carbocycles. The van der Waals surface area contributed by atoms with Crippen LogP contribution >= 0.6 is 46.0 Å². The third-order valence-corrected chi connectivity index (χ3v) is 7.97. The van der Waals surface area contributed by atoms with Gasteiger partial charge in [0.2, 0.25) is 5.91 Å². The minimum Gasteiger partial charge on any atom is -0.326 e. The highest BCUT2D eigenvalue weighted by atomic mass is 35.5. The first kappa shape index (κ1) is 20.9. The van der Waals surface area contributed by atoms with Crippen molar-refractivity contribution in [2.75, 3.05) is 36.5 Å². The normalized spacial score (nSPS) is 14.8. The Labute approximate surface area is 188 Å². The molecule has 0 spiro atoms. The highest BCUT2D eigenvalue weighted by molar-refractivity contribution is 7.99. The zero-order valence-corrected chi connectivity index (χ0v) is 19.1. The van der Waals surface area contributed by atoms with Crippen molar-refractivity contribution in [3.8, 4) is 9.88 Å². The van der Waals surface area contributed by atoms with Gasteiger partial charge in [-0.3, -0.25) is 4.79 Å². The van der Waals surface area contributed by atoms with Crippen molar-refractivity contribution in [1.29, 1.82) is 0 Å². The number of amides is 1. The van der Waals surface area contributed by atoms with Crippen LogP contribution in [0.3, 0.4) is 0 Å². The molecule has 0 unspecified atom stereocenters. The molecule has 1 aromatic carbocycles. The van der Waals surface area contributed by atoms with E-state index in [4.69, 9.17) is 11.6 Å². The third kappa shape index (κ3) is 6.06. The van der Waals surface area contributed by atoms with Crippen LogP contribution in [-0.4, -0.2) is 46.9 Å². The Morgan fingerprint density at radius 2 is 1.93 bits per heavy atom. The lowest BCUT2D eigenvalue weighted by molar-refractivity contribution is -0.115. The van der Waals surface area contributed by atoms with Crippen LogP contribution in [0.25, 0.3) is 9.88 Å². The molecule has 152 valence electrons. The topological polar surface area (TPSA) is 45.2 Å². The summed E-state index contributed by atoms with van der Waals surface area (Å²) in [5, 5.41) is 5.81. The number of rotatable bonds is 7. The van der Waals surface area contributed by atoms with Crippen LogP contribution in [0.1, 0.15) is 11.3 Å². The van der Waals surface area contributed by atoms with Crippen molar-refractivity contribution >= 4 is 57.6 Å². The second-order valence-electron chi connectivity index (χ2n) is 6.87. The van der Waals surface area contributed by atoms with Crippen LogP contribution in [0, 0.1) is 0 Å². The number of nitrogens with zero attached hydrogens (tertiary/aromatic N) is 2. The largest absolute Gasteiger partial charge is 0.326 e. The Morgan fingerprint density at radius 1 is 1.14 bits per heavy atom. The number of benzene rings is 1. The Hall–Kier alpha value is -1.38. The van der Waals surface area contributed by atoms with Crippen LogP contribution in [0.5, 0.6) is 0 Å². The Kier molecular flexibility index (Phi) is 7.26. The molecule has 4 nitrogen and oxygen atoms in total. The van der Waals surface area contributed by atoms with Gasteiger partial charge in [-0.05, 0) is 36.2 Å². The van der Waals surface area contributed by atoms with E-state index < -0.39 is 0 Å². The maximum Gasteiger partial charge on any atom is 0.230 e. The highest BCUT2D eigenvalue weighted by Crippen LogP contribution is 2.33. The average Bonchev–Trinajstić information content (AvgIpc) is 3.37. The highest BCUT2D eigenvalue weighted by Gasteiger charge is 2.12. The monoisotopic (exact) mass is 463 g/mol. The maximum absolute atomic E-state index is 12.4. The van der Waals surface area contributed by atoms with Crippen LogP contribution in [-0.2, 0) is 17.6 Å². The van der Waals surface area contributed by atoms with E-state index in [1.54, 1.807) is 0 Å². The molecule has 1 aliphatic heterocycles. The van der Waals surface area contributed by atoms with Gasteiger partial charge in [0.1, 0.15) is 5.01 Å². The average molecular weight is 464 g/mol. The Balaban J connectivity index is 1.26. The number of thiophene rings is 1. The van der Waals surface area contributed by atoms with Gasteiger partial charge in [0.05, 0.1) is 21.3 Å². The molecule has 1 amide bonds. The smallest absolute Gasteiger partial charge is 0.230 e. The van der Waals surface area contributed by atoms with Gasteiger partial charge in [-0.15, -0.1) is 22.7 Å². The summed E-state index contributed by atoms with van der Waals surface area (Å²) in [7, 11) is 0. The van der Waals surface area contributed by atoms with Crippen molar-refractivity contribution < 1.29 is 4.79 Å². The first-order valence-electron chi connectivity index (χ1n) is 9.55. The molecule has 3 aromatic rings. The number of aromatic nitrogens is 1. The molecule has 1 N–H and O–H groups in total. The predicted octanol–water partition coefficient (Wildman–Crippen LogP) is 5.30. The molecule has 0 atom stereocenters. The summed E-state index contributed by atoms with van der Waals surface area (Å²) in [6.07, 6.45) is 1.32. The van der Waals surface area contributed by atoms with Crippen molar-refractivity contribution in [3.05, 3.63) is 57.4 Å². The number of thioether (sulfide) groups is 1. The van der Waals surface area contributed by atoms with E-state index >= 15 is 0 Å². The molecule has 2 aromatic heterocycles. The summed E-state index contributed by atoms with van der Waals surface area (Å²) < 4.78 is 0.743. The van der Waals surface area contributed by atoms with Gasteiger partial charge in [0.25, 0.3) is 0 Å². The van der Waals surface area contributed by atoms with Gasteiger partial charge < -0.3 is 10.2 Å². The molecule has 1 aliphatic rings. The molecule has 0 bridgehead atoms. The first-order valence-corrected chi connectivity index (χ1v) is 12.8. The SMILES string of the molecule is O=C(Cc1csc(-c2ccc(Cl)s2)n1)Nc1ccc(CCN2CCSCC2)cc1. The van der Waals surface area contributed by atoms with Gasteiger partial charge in [0.15, 0.2) is 0 Å². The van der Waals surface area contributed by atoms with E-state index in [-0.39, 0.29) is 12.3 Å². The number of carbonyl (C=O) groups excluding carboxylic acids is 1. The number of hydrogen-bond donors (Lipinski definition) is 1. The van der Waals surface area contributed by atoms with Crippen LogP contribution in [0.2, 0.25) is 4.34 Å². The second-order valence-corrected chi connectivity index (χ2v) is 10.7. The summed E-state index contributed by atoms with van der Waals surface area (Å²) in [5.74, 6) is 2.43. The summed E-state index contributed by atoms with van der Waals surface area (Å²) in [6.45, 7) is 3.49. The van der Waals surface area contributed by atoms with E-state index in [0.717, 1.165) is 38.6 Å². The molecule has 0 saturated carbocycles. The van der Waals surface area contributed by atoms with E-state index in [2.05, 4.69) is 27.3 Å². The molecule has 29 heavy (non-hydrogen) atoms. The lowest BCUT2D eigenvalue weighted by Crippen LogP contribution is -2.34. The van der Waals surface area contributed by atoms with E-state index in [1.165, 1.54) is 52.8 Å². The van der Waals surface area contributed by atoms with Crippen molar-refractivity contribution in [3.63, 3.8) is 0 Å². The summed E-state index contributed by atoms with van der Waals surface area (Å²) >= 11 is 11.1. The van der Waals surface area contributed by atoms with Crippen LogP contribution in [0.4, 0.5) is 5.69 Å². The van der Waals surface area contributed by atoms with Crippen LogP contribution in [0.15, 0.2) is 41.8 Å². The van der Waals surface area contributed by atoms with E-state index in [0.29, 0.717) is 0 Å².